The topological polar surface area (TPSA) is 100 Å². The van der Waals surface area contributed by atoms with Crippen molar-refractivity contribution in [3.63, 3.8) is 0 Å². The number of nitrogens with one attached hydrogen (secondary N) is 2. The molecule has 3 aromatic rings. The Morgan fingerprint density at radius 2 is 1.68 bits per heavy atom. The van der Waals surface area contributed by atoms with Gasteiger partial charge < -0.3 is 15.5 Å². The molecule has 0 spiro atoms. The summed E-state index contributed by atoms with van der Waals surface area (Å²) >= 11 is 5.73. The molecule has 0 aliphatic carbocycles. The standard InChI is InChI=1S/C22H21ClN6O2/c23-19-5-6-20(28-27-19)26-22(31)17-3-1-2-4-18(17)25-21(30)15-9-13-29(14-10-15)16-7-11-24-12-8-16/h1-8,11-12,15H,9-10,13-14H2,(H,25,30)(H,26,28,31). The van der Waals surface area contributed by atoms with Gasteiger partial charge in [0.25, 0.3) is 5.91 Å². The van der Waals surface area contributed by atoms with Crippen molar-refractivity contribution in [3.05, 3.63) is 71.6 Å². The second-order valence-electron chi connectivity index (χ2n) is 7.20. The Morgan fingerprint density at radius 3 is 2.39 bits per heavy atom. The highest BCUT2D eigenvalue weighted by atomic mass is 35.5. The summed E-state index contributed by atoms with van der Waals surface area (Å²) in [6.07, 6.45) is 5.02. The predicted octanol–water partition coefficient (Wildman–Crippen LogP) is 3.63. The van der Waals surface area contributed by atoms with Gasteiger partial charge >= 0.3 is 0 Å². The molecule has 4 rings (SSSR count). The molecule has 0 bridgehead atoms. The predicted molar refractivity (Wildman–Crippen MR) is 119 cm³/mol. The van der Waals surface area contributed by atoms with Gasteiger partial charge in [-0.3, -0.25) is 14.6 Å². The number of halogens is 1. The average Bonchev–Trinajstić information content (AvgIpc) is 2.81. The maximum atomic E-state index is 12.9. The molecule has 9 heteroatoms. The van der Waals surface area contributed by atoms with Crippen molar-refractivity contribution in [2.45, 2.75) is 12.8 Å². The highest BCUT2D eigenvalue weighted by Crippen LogP contribution is 2.25. The summed E-state index contributed by atoms with van der Waals surface area (Å²) in [7, 11) is 0. The third-order valence-corrected chi connectivity index (χ3v) is 5.40. The van der Waals surface area contributed by atoms with Gasteiger partial charge in [-0.15, -0.1) is 10.2 Å². The molecule has 1 aliphatic rings. The molecule has 8 nitrogen and oxygen atoms in total. The first-order valence-corrected chi connectivity index (χ1v) is 10.3. The lowest BCUT2D eigenvalue weighted by molar-refractivity contribution is -0.120. The number of amides is 2. The Morgan fingerprint density at radius 1 is 0.935 bits per heavy atom. The highest BCUT2D eigenvalue weighted by Gasteiger charge is 2.26. The molecule has 3 heterocycles. The number of anilines is 3. The van der Waals surface area contributed by atoms with Gasteiger partial charge in [-0.05, 0) is 49.2 Å². The van der Waals surface area contributed by atoms with Crippen LogP contribution in [-0.4, -0.2) is 40.1 Å². The highest BCUT2D eigenvalue weighted by molar-refractivity contribution is 6.29. The second kappa shape index (κ2) is 9.53. The molecule has 1 saturated heterocycles. The quantitative estimate of drug-likeness (QED) is 0.633. The Hall–Kier alpha value is -3.52. The monoisotopic (exact) mass is 436 g/mol. The van der Waals surface area contributed by atoms with Gasteiger partial charge in [0.2, 0.25) is 5.91 Å². The Kier molecular flexibility index (Phi) is 6.37. The van der Waals surface area contributed by atoms with Crippen LogP contribution >= 0.6 is 11.6 Å². The second-order valence-corrected chi connectivity index (χ2v) is 7.58. The fourth-order valence-corrected chi connectivity index (χ4v) is 3.65. The molecule has 0 unspecified atom stereocenters. The summed E-state index contributed by atoms with van der Waals surface area (Å²) in [5, 5.41) is 13.4. The van der Waals surface area contributed by atoms with E-state index in [9.17, 15) is 9.59 Å². The van der Waals surface area contributed by atoms with Crippen molar-refractivity contribution in [1.29, 1.82) is 0 Å². The Bertz CT molecular complexity index is 1050. The molecule has 31 heavy (non-hydrogen) atoms. The molecular weight excluding hydrogens is 416 g/mol. The third kappa shape index (κ3) is 5.16. The van der Waals surface area contributed by atoms with Crippen molar-refractivity contribution in [3.8, 4) is 0 Å². The summed E-state index contributed by atoms with van der Waals surface area (Å²) in [4.78, 5) is 31.9. The third-order valence-electron chi connectivity index (χ3n) is 5.20. The minimum Gasteiger partial charge on any atom is -0.371 e. The number of carbonyl (C=O) groups excluding carboxylic acids is 2. The van der Waals surface area contributed by atoms with Crippen LogP contribution in [-0.2, 0) is 4.79 Å². The van der Waals surface area contributed by atoms with E-state index in [-0.39, 0.29) is 28.7 Å². The van der Waals surface area contributed by atoms with Crippen molar-refractivity contribution in [2.24, 2.45) is 5.92 Å². The van der Waals surface area contributed by atoms with Crippen LogP contribution in [0.4, 0.5) is 17.2 Å². The van der Waals surface area contributed by atoms with E-state index in [4.69, 9.17) is 11.6 Å². The van der Waals surface area contributed by atoms with Crippen LogP contribution in [0.25, 0.3) is 0 Å². The van der Waals surface area contributed by atoms with E-state index < -0.39 is 0 Å². The van der Waals surface area contributed by atoms with E-state index in [1.165, 1.54) is 6.07 Å². The SMILES string of the molecule is O=C(Nc1ccc(Cl)nn1)c1ccccc1NC(=O)C1CCN(c2ccncc2)CC1. The first-order chi connectivity index (χ1) is 15.1. The molecule has 0 radical (unpaired) electrons. The zero-order valence-corrected chi connectivity index (χ0v) is 17.4. The number of piperidine rings is 1. The first-order valence-electron chi connectivity index (χ1n) is 9.95. The molecular formula is C22H21ClN6O2. The van der Waals surface area contributed by atoms with Gasteiger partial charge in [0.15, 0.2) is 11.0 Å². The van der Waals surface area contributed by atoms with E-state index in [0.29, 0.717) is 11.3 Å². The van der Waals surface area contributed by atoms with Crippen LogP contribution < -0.4 is 15.5 Å². The van der Waals surface area contributed by atoms with E-state index in [1.54, 1.807) is 42.7 Å². The molecule has 0 saturated carbocycles. The summed E-state index contributed by atoms with van der Waals surface area (Å²) in [5.74, 6) is -0.309. The zero-order valence-electron chi connectivity index (χ0n) is 16.7. The maximum Gasteiger partial charge on any atom is 0.258 e. The van der Waals surface area contributed by atoms with Crippen molar-refractivity contribution in [1.82, 2.24) is 15.2 Å². The summed E-state index contributed by atoms with van der Waals surface area (Å²) in [5.41, 5.74) is 1.92. The van der Waals surface area contributed by atoms with Gasteiger partial charge in [0.05, 0.1) is 11.3 Å². The molecule has 0 atom stereocenters. The van der Waals surface area contributed by atoms with Crippen LogP contribution in [0, 0.1) is 5.92 Å². The lowest BCUT2D eigenvalue weighted by Crippen LogP contribution is -2.38. The van der Waals surface area contributed by atoms with Gasteiger partial charge in [0.1, 0.15) is 0 Å². The minimum absolute atomic E-state index is 0.0825. The zero-order chi connectivity index (χ0) is 21.6. The van der Waals surface area contributed by atoms with Crippen LogP contribution in [0.1, 0.15) is 23.2 Å². The fraction of sp³-hybridized carbons (Fsp3) is 0.227. The lowest BCUT2D eigenvalue weighted by atomic mass is 9.95. The van der Waals surface area contributed by atoms with Crippen LogP contribution in [0.5, 0.6) is 0 Å². The van der Waals surface area contributed by atoms with Gasteiger partial charge in [-0.1, -0.05) is 23.7 Å². The van der Waals surface area contributed by atoms with Gasteiger partial charge in [0, 0.05) is 37.1 Å². The number of carbonyl (C=O) groups is 2. The van der Waals surface area contributed by atoms with Crippen LogP contribution in [0.3, 0.4) is 0 Å². The van der Waals surface area contributed by atoms with Crippen LogP contribution in [0.2, 0.25) is 5.15 Å². The molecule has 2 amide bonds. The average molecular weight is 437 g/mol. The Balaban J connectivity index is 1.39. The minimum atomic E-state index is -0.389. The normalized spacial score (nSPS) is 14.2. The van der Waals surface area contributed by atoms with Gasteiger partial charge in [-0.2, -0.15) is 0 Å². The molecule has 1 aromatic carbocycles. The number of benzene rings is 1. The fourth-order valence-electron chi connectivity index (χ4n) is 3.55. The summed E-state index contributed by atoms with van der Waals surface area (Å²) < 4.78 is 0. The van der Waals surface area contributed by atoms with Crippen molar-refractivity contribution in [2.75, 3.05) is 28.6 Å². The number of hydrogen-bond donors (Lipinski definition) is 2. The van der Waals surface area contributed by atoms with E-state index in [1.807, 2.05) is 12.1 Å². The number of rotatable bonds is 5. The smallest absolute Gasteiger partial charge is 0.258 e. The van der Waals surface area contributed by atoms with E-state index >= 15 is 0 Å². The van der Waals surface area contributed by atoms with Crippen molar-refractivity contribution >= 4 is 40.6 Å². The number of aromatic nitrogens is 3. The van der Waals surface area contributed by atoms with E-state index in [0.717, 1.165) is 31.6 Å². The van der Waals surface area contributed by atoms with Crippen LogP contribution in [0.15, 0.2) is 60.9 Å². The molecule has 1 fully saturated rings. The van der Waals surface area contributed by atoms with Gasteiger partial charge in [-0.25, -0.2) is 0 Å². The number of para-hydroxylation sites is 1. The maximum absolute atomic E-state index is 12.9. The van der Waals surface area contributed by atoms with E-state index in [2.05, 4.69) is 30.7 Å². The number of nitrogens with zero attached hydrogens (tertiary/aromatic N) is 4. The number of hydrogen-bond acceptors (Lipinski definition) is 6. The largest absolute Gasteiger partial charge is 0.371 e. The van der Waals surface area contributed by atoms with Crippen molar-refractivity contribution < 1.29 is 9.59 Å². The molecule has 2 N–H and O–H groups in total. The first kappa shape index (κ1) is 20.7. The molecule has 2 aromatic heterocycles. The molecule has 1 aliphatic heterocycles. The number of pyridine rings is 1. The lowest BCUT2D eigenvalue weighted by Gasteiger charge is -2.33. The molecule has 158 valence electrons. The Labute approximate surface area is 184 Å². The summed E-state index contributed by atoms with van der Waals surface area (Å²) in [6, 6.07) is 13.9. The summed E-state index contributed by atoms with van der Waals surface area (Å²) in [6.45, 7) is 1.58.